The van der Waals surface area contributed by atoms with Crippen LogP contribution in [-0.4, -0.2) is 24.7 Å². The van der Waals surface area contributed by atoms with Crippen molar-refractivity contribution in [3.8, 4) is 5.75 Å². The molecule has 1 N–H and O–H groups in total. The first-order valence-corrected chi connectivity index (χ1v) is 6.02. The Morgan fingerprint density at radius 1 is 1.53 bits per heavy atom. The molecule has 0 bridgehead atoms. The van der Waals surface area contributed by atoms with Gasteiger partial charge >= 0.3 is 0 Å². The monoisotopic (exact) mass is 232 g/mol. The number of benzene rings is 1. The smallest absolute Gasteiger partial charge is 0.197 e. The van der Waals surface area contributed by atoms with E-state index in [1.807, 2.05) is 18.2 Å². The molecule has 0 saturated carbocycles. The van der Waals surface area contributed by atoms with Gasteiger partial charge in [0.05, 0.1) is 7.11 Å². The summed E-state index contributed by atoms with van der Waals surface area (Å²) in [6.07, 6.45) is 3.31. The Balaban J connectivity index is 1.90. The van der Waals surface area contributed by atoms with Gasteiger partial charge in [0, 0.05) is 12.5 Å². The summed E-state index contributed by atoms with van der Waals surface area (Å²) in [5.74, 6) is 1.57. The van der Waals surface area contributed by atoms with Crippen molar-refractivity contribution in [1.29, 1.82) is 0 Å². The highest BCUT2D eigenvalue weighted by Gasteiger charge is 2.18. The molecule has 0 aliphatic carbocycles. The largest absolute Gasteiger partial charge is 0.494 e. The van der Waals surface area contributed by atoms with Crippen molar-refractivity contribution in [1.82, 2.24) is 10.3 Å². The lowest BCUT2D eigenvalue weighted by Crippen LogP contribution is -2.23. The molecule has 2 aromatic rings. The lowest BCUT2D eigenvalue weighted by molar-refractivity contribution is 0.419. The number of para-hydroxylation sites is 1. The van der Waals surface area contributed by atoms with Crippen LogP contribution in [0.15, 0.2) is 22.6 Å². The van der Waals surface area contributed by atoms with Crippen LogP contribution >= 0.6 is 0 Å². The molecule has 1 aliphatic heterocycles. The minimum absolute atomic E-state index is 0.508. The molecule has 4 nitrogen and oxygen atoms in total. The highest BCUT2D eigenvalue weighted by atomic mass is 16.5. The summed E-state index contributed by atoms with van der Waals surface area (Å²) in [6, 6.07) is 6.26. The topological polar surface area (TPSA) is 47.3 Å². The fourth-order valence-corrected chi connectivity index (χ4v) is 2.36. The Labute approximate surface area is 100.0 Å². The van der Waals surface area contributed by atoms with E-state index in [9.17, 15) is 0 Å². The quantitative estimate of drug-likeness (QED) is 0.880. The summed E-state index contributed by atoms with van der Waals surface area (Å²) in [7, 11) is 1.65. The van der Waals surface area contributed by atoms with Crippen LogP contribution in [0.1, 0.15) is 18.7 Å². The minimum Gasteiger partial charge on any atom is -0.494 e. The Bertz CT molecular complexity index is 515. The van der Waals surface area contributed by atoms with Gasteiger partial charge in [-0.05, 0) is 31.5 Å². The van der Waals surface area contributed by atoms with E-state index < -0.39 is 0 Å². The Kier molecular flexibility index (Phi) is 2.73. The van der Waals surface area contributed by atoms with Crippen molar-refractivity contribution in [2.75, 3.05) is 13.7 Å². The fraction of sp³-hybridized carbons (Fsp3) is 0.462. The second-order valence-electron chi connectivity index (χ2n) is 4.41. The fourth-order valence-electron chi connectivity index (χ4n) is 2.36. The summed E-state index contributed by atoms with van der Waals surface area (Å²) in [5, 5.41) is 3.45. The predicted octanol–water partition coefficient (Wildman–Crippen LogP) is 2.13. The van der Waals surface area contributed by atoms with Crippen molar-refractivity contribution >= 4 is 11.1 Å². The van der Waals surface area contributed by atoms with Gasteiger partial charge in [-0.2, -0.15) is 0 Å². The van der Waals surface area contributed by atoms with E-state index in [0.717, 1.165) is 35.7 Å². The average Bonchev–Trinajstić information content (AvgIpc) is 2.97. The molecule has 90 valence electrons. The third-order valence-corrected chi connectivity index (χ3v) is 3.23. The van der Waals surface area contributed by atoms with Crippen molar-refractivity contribution in [3.63, 3.8) is 0 Å². The normalized spacial score (nSPS) is 19.9. The van der Waals surface area contributed by atoms with Gasteiger partial charge in [0.25, 0.3) is 0 Å². The second-order valence-corrected chi connectivity index (χ2v) is 4.41. The van der Waals surface area contributed by atoms with Crippen LogP contribution in [0.4, 0.5) is 0 Å². The van der Waals surface area contributed by atoms with Gasteiger partial charge in [0.2, 0.25) is 0 Å². The number of nitrogens with one attached hydrogen (secondary N) is 1. The molecule has 1 aromatic heterocycles. The van der Waals surface area contributed by atoms with Crippen LogP contribution in [0.2, 0.25) is 0 Å². The SMILES string of the molecule is COc1cccc2oc(CC3CCCN3)nc12. The van der Waals surface area contributed by atoms with E-state index in [1.165, 1.54) is 12.8 Å². The molecule has 1 aliphatic rings. The maximum atomic E-state index is 5.74. The van der Waals surface area contributed by atoms with E-state index in [0.29, 0.717) is 6.04 Å². The summed E-state index contributed by atoms with van der Waals surface area (Å²) in [6.45, 7) is 1.11. The van der Waals surface area contributed by atoms with Gasteiger partial charge in [0.15, 0.2) is 17.0 Å². The van der Waals surface area contributed by atoms with Gasteiger partial charge in [-0.3, -0.25) is 0 Å². The molecule has 1 fully saturated rings. The number of hydrogen-bond donors (Lipinski definition) is 1. The summed E-state index contributed by atoms with van der Waals surface area (Å²) >= 11 is 0. The van der Waals surface area contributed by atoms with Gasteiger partial charge < -0.3 is 14.5 Å². The van der Waals surface area contributed by atoms with E-state index >= 15 is 0 Å². The number of rotatable bonds is 3. The minimum atomic E-state index is 0.508. The van der Waals surface area contributed by atoms with Crippen molar-refractivity contribution in [3.05, 3.63) is 24.1 Å². The molecular formula is C13H16N2O2. The van der Waals surface area contributed by atoms with Crippen LogP contribution in [-0.2, 0) is 6.42 Å². The maximum absolute atomic E-state index is 5.74. The van der Waals surface area contributed by atoms with E-state index in [-0.39, 0.29) is 0 Å². The van der Waals surface area contributed by atoms with Crippen LogP contribution in [0.3, 0.4) is 0 Å². The predicted molar refractivity (Wildman–Crippen MR) is 65.3 cm³/mol. The van der Waals surface area contributed by atoms with Gasteiger partial charge in [0.1, 0.15) is 5.75 Å². The highest BCUT2D eigenvalue weighted by molar-refractivity contribution is 5.79. The zero-order valence-corrected chi connectivity index (χ0v) is 9.90. The van der Waals surface area contributed by atoms with Crippen LogP contribution in [0.25, 0.3) is 11.1 Å². The number of hydrogen-bond acceptors (Lipinski definition) is 4. The van der Waals surface area contributed by atoms with Crippen LogP contribution < -0.4 is 10.1 Å². The molecule has 1 saturated heterocycles. The summed E-state index contributed by atoms with van der Waals surface area (Å²) in [4.78, 5) is 4.52. The van der Waals surface area contributed by atoms with Crippen molar-refractivity contribution < 1.29 is 9.15 Å². The molecule has 4 heteroatoms. The molecule has 1 unspecified atom stereocenters. The molecule has 0 spiro atoms. The molecule has 0 amide bonds. The number of aromatic nitrogens is 1. The number of fused-ring (bicyclic) bond motifs is 1. The summed E-state index contributed by atoms with van der Waals surface area (Å²) < 4.78 is 11.0. The van der Waals surface area contributed by atoms with E-state index in [2.05, 4.69) is 10.3 Å². The first-order chi connectivity index (χ1) is 8.36. The number of oxazole rings is 1. The molecular weight excluding hydrogens is 216 g/mol. The van der Waals surface area contributed by atoms with E-state index in [1.54, 1.807) is 7.11 Å². The highest BCUT2D eigenvalue weighted by Crippen LogP contribution is 2.26. The van der Waals surface area contributed by atoms with Gasteiger partial charge in [-0.1, -0.05) is 6.07 Å². The third-order valence-electron chi connectivity index (χ3n) is 3.23. The lowest BCUT2D eigenvalue weighted by Gasteiger charge is -2.05. The molecule has 1 atom stereocenters. The Hall–Kier alpha value is -1.55. The zero-order valence-electron chi connectivity index (χ0n) is 9.90. The number of ether oxygens (including phenoxy) is 1. The standard InChI is InChI=1S/C13H16N2O2/c1-16-10-5-2-6-11-13(10)15-12(17-11)8-9-4-3-7-14-9/h2,5-6,9,14H,3-4,7-8H2,1H3. The van der Waals surface area contributed by atoms with Gasteiger partial charge in [-0.15, -0.1) is 0 Å². The number of methoxy groups -OCH3 is 1. The first-order valence-electron chi connectivity index (χ1n) is 6.02. The van der Waals surface area contributed by atoms with Crippen molar-refractivity contribution in [2.24, 2.45) is 0 Å². The molecule has 3 rings (SSSR count). The summed E-state index contributed by atoms with van der Waals surface area (Å²) in [5.41, 5.74) is 1.63. The average molecular weight is 232 g/mol. The van der Waals surface area contributed by atoms with Gasteiger partial charge in [-0.25, -0.2) is 4.98 Å². The molecule has 17 heavy (non-hydrogen) atoms. The molecule has 1 aromatic carbocycles. The van der Waals surface area contributed by atoms with Crippen molar-refractivity contribution in [2.45, 2.75) is 25.3 Å². The van der Waals surface area contributed by atoms with Crippen LogP contribution in [0.5, 0.6) is 5.75 Å². The molecule has 0 radical (unpaired) electrons. The number of nitrogens with zero attached hydrogens (tertiary/aromatic N) is 1. The maximum Gasteiger partial charge on any atom is 0.197 e. The second kappa shape index (κ2) is 4.37. The first kappa shape index (κ1) is 10.6. The molecule has 2 heterocycles. The Morgan fingerprint density at radius 3 is 3.24 bits per heavy atom. The Morgan fingerprint density at radius 2 is 2.47 bits per heavy atom. The van der Waals surface area contributed by atoms with Crippen LogP contribution in [0, 0.1) is 0 Å². The third kappa shape index (κ3) is 2.00. The lowest BCUT2D eigenvalue weighted by atomic mass is 10.2. The zero-order chi connectivity index (χ0) is 11.7. The van der Waals surface area contributed by atoms with E-state index in [4.69, 9.17) is 9.15 Å².